The van der Waals surface area contributed by atoms with E-state index >= 15 is 0 Å². The van der Waals surface area contributed by atoms with Gasteiger partial charge in [0.05, 0.1) is 7.11 Å². The molecule has 108 valence electrons. The minimum atomic E-state index is -0.274. The molecule has 2 nitrogen and oxygen atoms in total. The summed E-state index contributed by atoms with van der Waals surface area (Å²) in [5.41, 5.74) is 1.04. The molecule has 1 N–H and O–H groups in total. The summed E-state index contributed by atoms with van der Waals surface area (Å²) in [5, 5.41) is 3.46. The number of ether oxygens (including phenoxy) is 1. The lowest BCUT2D eigenvalue weighted by molar-refractivity contribution is 0.358. The van der Waals surface area contributed by atoms with Crippen molar-refractivity contribution in [1.82, 2.24) is 5.32 Å². The first-order valence-corrected chi connectivity index (χ1v) is 7.11. The van der Waals surface area contributed by atoms with Crippen LogP contribution in [0.5, 0.6) is 5.75 Å². The second-order valence-corrected chi connectivity index (χ2v) is 5.38. The third-order valence-electron chi connectivity index (χ3n) is 3.49. The number of methoxy groups -OCH3 is 1. The van der Waals surface area contributed by atoms with E-state index < -0.39 is 0 Å². The summed E-state index contributed by atoms with van der Waals surface area (Å²) in [5.74, 6) is 1.15. The van der Waals surface area contributed by atoms with E-state index in [9.17, 15) is 4.39 Å². The first kappa shape index (κ1) is 16.0. The maximum Gasteiger partial charge on any atom is 0.165 e. The summed E-state index contributed by atoms with van der Waals surface area (Å²) in [7, 11) is 1.49. The predicted molar refractivity (Wildman–Crippen MR) is 78.1 cm³/mol. The van der Waals surface area contributed by atoms with E-state index in [-0.39, 0.29) is 5.82 Å². The molecule has 0 aromatic heterocycles. The number of nitrogens with one attached hydrogen (secondary N) is 1. The van der Waals surface area contributed by atoms with Crippen molar-refractivity contribution in [1.29, 1.82) is 0 Å². The third-order valence-corrected chi connectivity index (χ3v) is 3.49. The lowest BCUT2D eigenvalue weighted by Gasteiger charge is -2.21. The molecule has 3 heteroatoms. The molecule has 0 saturated heterocycles. The van der Waals surface area contributed by atoms with Crippen LogP contribution in [0.4, 0.5) is 4.39 Å². The molecule has 1 aromatic rings. The number of rotatable bonds is 8. The van der Waals surface area contributed by atoms with Crippen LogP contribution in [0, 0.1) is 17.7 Å². The van der Waals surface area contributed by atoms with Gasteiger partial charge in [-0.25, -0.2) is 4.39 Å². The first-order valence-electron chi connectivity index (χ1n) is 7.11. The van der Waals surface area contributed by atoms with Gasteiger partial charge in [-0.15, -0.1) is 0 Å². The lowest BCUT2D eigenvalue weighted by Crippen LogP contribution is -2.28. The molecule has 0 spiro atoms. The van der Waals surface area contributed by atoms with E-state index in [2.05, 4.69) is 26.1 Å². The zero-order valence-electron chi connectivity index (χ0n) is 12.5. The van der Waals surface area contributed by atoms with E-state index in [0.717, 1.165) is 31.5 Å². The second-order valence-electron chi connectivity index (χ2n) is 5.38. The maximum absolute atomic E-state index is 13.7. The topological polar surface area (TPSA) is 21.3 Å². The molecule has 1 atom stereocenters. The second kappa shape index (κ2) is 8.16. The van der Waals surface area contributed by atoms with E-state index in [1.165, 1.54) is 7.11 Å². The molecule has 0 aliphatic carbocycles. The molecule has 1 unspecified atom stereocenters. The summed E-state index contributed by atoms with van der Waals surface area (Å²) in [6.45, 7) is 8.63. The molecule has 0 heterocycles. The molecule has 0 aliphatic heterocycles. The Hall–Kier alpha value is -1.09. The minimum absolute atomic E-state index is 0.274. The van der Waals surface area contributed by atoms with Crippen molar-refractivity contribution in [2.24, 2.45) is 11.8 Å². The Kier molecular flexibility index (Phi) is 6.85. The molecular weight excluding hydrogens is 241 g/mol. The van der Waals surface area contributed by atoms with E-state index in [0.29, 0.717) is 17.6 Å². The van der Waals surface area contributed by atoms with Gasteiger partial charge in [-0.2, -0.15) is 0 Å². The Labute approximate surface area is 116 Å². The van der Waals surface area contributed by atoms with Gasteiger partial charge in [-0.1, -0.05) is 26.8 Å². The standard InChI is InChI=1S/C16H26FNO/c1-5-8-18-11-14(12(2)3)9-13-6-7-16(19-4)15(17)10-13/h6-7,10,12,14,18H,5,8-9,11H2,1-4H3. The molecule has 0 radical (unpaired) electrons. The van der Waals surface area contributed by atoms with Gasteiger partial charge in [0.2, 0.25) is 0 Å². The Morgan fingerprint density at radius 3 is 2.58 bits per heavy atom. The smallest absolute Gasteiger partial charge is 0.165 e. The van der Waals surface area contributed by atoms with Crippen LogP contribution in [0.3, 0.4) is 0 Å². The summed E-state index contributed by atoms with van der Waals surface area (Å²) >= 11 is 0. The highest BCUT2D eigenvalue weighted by molar-refractivity contribution is 5.29. The Morgan fingerprint density at radius 2 is 2.05 bits per heavy atom. The Bertz CT molecular complexity index is 379. The fourth-order valence-corrected chi connectivity index (χ4v) is 2.15. The molecule has 0 saturated carbocycles. The van der Waals surface area contributed by atoms with Gasteiger partial charge in [0.1, 0.15) is 0 Å². The SMILES string of the molecule is CCCNCC(Cc1ccc(OC)c(F)c1)C(C)C. The van der Waals surface area contributed by atoms with Crippen LogP contribution in [-0.4, -0.2) is 20.2 Å². The molecule has 0 bridgehead atoms. The molecule has 1 aromatic carbocycles. The fourth-order valence-electron chi connectivity index (χ4n) is 2.15. The first-order chi connectivity index (χ1) is 9.08. The monoisotopic (exact) mass is 267 g/mol. The normalized spacial score (nSPS) is 12.7. The van der Waals surface area contributed by atoms with Crippen molar-refractivity contribution < 1.29 is 9.13 Å². The van der Waals surface area contributed by atoms with Crippen LogP contribution in [0.2, 0.25) is 0 Å². The Balaban J connectivity index is 2.65. The van der Waals surface area contributed by atoms with Crippen molar-refractivity contribution >= 4 is 0 Å². The predicted octanol–water partition coefficient (Wildman–Crippen LogP) is 3.65. The zero-order chi connectivity index (χ0) is 14.3. The lowest BCUT2D eigenvalue weighted by atomic mass is 9.89. The van der Waals surface area contributed by atoms with Crippen LogP contribution in [0.15, 0.2) is 18.2 Å². The average molecular weight is 267 g/mol. The molecular formula is C16H26FNO. The van der Waals surface area contributed by atoms with Crippen molar-refractivity contribution in [2.75, 3.05) is 20.2 Å². The highest BCUT2D eigenvalue weighted by atomic mass is 19.1. The van der Waals surface area contributed by atoms with Gasteiger partial charge in [0.25, 0.3) is 0 Å². The van der Waals surface area contributed by atoms with Gasteiger partial charge in [-0.3, -0.25) is 0 Å². The Morgan fingerprint density at radius 1 is 1.32 bits per heavy atom. The molecule has 0 aliphatic rings. The highest BCUT2D eigenvalue weighted by Crippen LogP contribution is 2.22. The van der Waals surface area contributed by atoms with Crippen molar-refractivity contribution in [3.05, 3.63) is 29.6 Å². The average Bonchev–Trinajstić information content (AvgIpc) is 2.38. The number of hydrogen-bond acceptors (Lipinski definition) is 2. The summed E-state index contributed by atoms with van der Waals surface area (Å²) in [4.78, 5) is 0. The number of halogens is 1. The fraction of sp³-hybridized carbons (Fsp3) is 0.625. The van der Waals surface area contributed by atoms with Crippen LogP contribution in [-0.2, 0) is 6.42 Å². The molecule has 0 fully saturated rings. The third kappa shape index (κ3) is 5.19. The van der Waals surface area contributed by atoms with Crippen molar-refractivity contribution in [3.8, 4) is 5.75 Å². The number of hydrogen-bond donors (Lipinski definition) is 1. The van der Waals surface area contributed by atoms with E-state index in [4.69, 9.17) is 4.74 Å². The summed E-state index contributed by atoms with van der Waals surface area (Å²) < 4.78 is 18.6. The zero-order valence-corrected chi connectivity index (χ0v) is 12.5. The van der Waals surface area contributed by atoms with Gasteiger partial charge in [0, 0.05) is 0 Å². The van der Waals surface area contributed by atoms with Gasteiger partial charge in [0.15, 0.2) is 11.6 Å². The quantitative estimate of drug-likeness (QED) is 0.726. The summed E-state index contributed by atoms with van der Waals surface area (Å²) in [6.07, 6.45) is 2.04. The maximum atomic E-state index is 13.7. The van der Waals surface area contributed by atoms with Crippen LogP contribution >= 0.6 is 0 Å². The summed E-state index contributed by atoms with van der Waals surface area (Å²) in [6, 6.07) is 5.26. The minimum Gasteiger partial charge on any atom is -0.494 e. The highest BCUT2D eigenvalue weighted by Gasteiger charge is 2.14. The van der Waals surface area contributed by atoms with Crippen LogP contribution in [0.25, 0.3) is 0 Å². The van der Waals surface area contributed by atoms with Crippen molar-refractivity contribution in [3.63, 3.8) is 0 Å². The molecule has 19 heavy (non-hydrogen) atoms. The number of benzene rings is 1. The van der Waals surface area contributed by atoms with Crippen LogP contribution in [0.1, 0.15) is 32.8 Å². The van der Waals surface area contributed by atoms with Crippen LogP contribution < -0.4 is 10.1 Å². The van der Waals surface area contributed by atoms with Gasteiger partial charge >= 0.3 is 0 Å². The van der Waals surface area contributed by atoms with Crippen molar-refractivity contribution in [2.45, 2.75) is 33.6 Å². The molecule has 0 amide bonds. The van der Waals surface area contributed by atoms with Gasteiger partial charge in [-0.05, 0) is 55.5 Å². The van der Waals surface area contributed by atoms with E-state index in [1.807, 2.05) is 6.07 Å². The largest absolute Gasteiger partial charge is 0.494 e. The van der Waals surface area contributed by atoms with E-state index in [1.54, 1.807) is 12.1 Å². The molecule has 1 rings (SSSR count). The van der Waals surface area contributed by atoms with Gasteiger partial charge < -0.3 is 10.1 Å².